The van der Waals surface area contributed by atoms with Crippen molar-refractivity contribution in [1.82, 2.24) is 15.0 Å². The van der Waals surface area contributed by atoms with Crippen LogP contribution in [0.5, 0.6) is 0 Å². The smallest absolute Gasteiger partial charge is 0.230 e. The zero-order valence-electron chi connectivity index (χ0n) is 15.0. The third kappa shape index (κ3) is 4.90. The summed E-state index contributed by atoms with van der Waals surface area (Å²) in [6.07, 6.45) is 4.76. The zero-order valence-corrected chi connectivity index (χ0v) is 16.5. The van der Waals surface area contributed by atoms with Gasteiger partial charge in [0, 0.05) is 23.6 Å². The maximum Gasteiger partial charge on any atom is 0.230 e. The molecule has 0 bridgehead atoms. The lowest BCUT2D eigenvalue weighted by molar-refractivity contribution is 0.391. The highest BCUT2D eigenvalue weighted by Crippen LogP contribution is 2.30. The highest BCUT2D eigenvalue weighted by Gasteiger charge is 2.33. The van der Waals surface area contributed by atoms with Crippen LogP contribution in [0.25, 0.3) is 0 Å². The van der Waals surface area contributed by atoms with Gasteiger partial charge in [0.25, 0.3) is 0 Å². The Hall–Kier alpha value is -2.30. The average molecular weight is 406 g/mol. The van der Waals surface area contributed by atoms with E-state index in [1.54, 1.807) is 19.2 Å². The Bertz CT molecular complexity index is 844. The van der Waals surface area contributed by atoms with Crippen molar-refractivity contribution in [2.45, 2.75) is 44.2 Å². The van der Waals surface area contributed by atoms with Gasteiger partial charge in [0.1, 0.15) is 5.54 Å². The SMILES string of the molecule is CNc1nc(NCc2ccc(Cl)cc2Cl)nc(NC2(C#N)CCCCC2)n1. The van der Waals surface area contributed by atoms with Gasteiger partial charge in [-0.25, -0.2) is 0 Å². The minimum absolute atomic E-state index is 0.377. The van der Waals surface area contributed by atoms with E-state index >= 15 is 0 Å². The summed E-state index contributed by atoms with van der Waals surface area (Å²) in [4.78, 5) is 13.1. The average Bonchev–Trinajstić information content (AvgIpc) is 2.68. The van der Waals surface area contributed by atoms with Crippen molar-refractivity contribution in [2.75, 3.05) is 23.0 Å². The largest absolute Gasteiger partial charge is 0.357 e. The van der Waals surface area contributed by atoms with E-state index in [0.717, 1.165) is 37.7 Å². The maximum absolute atomic E-state index is 9.66. The molecule has 3 N–H and O–H groups in total. The molecular formula is C18H21Cl2N7. The van der Waals surface area contributed by atoms with Gasteiger partial charge >= 0.3 is 0 Å². The molecule has 1 aromatic heterocycles. The fraction of sp³-hybridized carbons (Fsp3) is 0.444. The monoisotopic (exact) mass is 405 g/mol. The van der Waals surface area contributed by atoms with Crippen LogP contribution >= 0.6 is 23.2 Å². The molecule has 0 radical (unpaired) electrons. The van der Waals surface area contributed by atoms with Gasteiger partial charge in [-0.1, -0.05) is 48.5 Å². The van der Waals surface area contributed by atoms with Gasteiger partial charge in [-0.3, -0.25) is 0 Å². The Balaban J connectivity index is 1.78. The summed E-state index contributed by atoms with van der Waals surface area (Å²) in [5.74, 6) is 1.19. The topological polar surface area (TPSA) is 98.5 Å². The molecule has 1 fully saturated rings. The third-order valence-electron chi connectivity index (χ3n) is 4.58. The summed E-state index contributed by atoms with van der Waals surface area (Å²) >= 11 is 12.1. The van der Waals surface area contributed by atoms with E-state index in [1.807, 2.05) is 6.07 Å². The zero-order chi connectivity index (χ0) is 19.3. The summed E-state index contributed by atoms with van der Waals surface area (Å²) in [6.45, 7) is 0.437. The van der Waals surface area contributed by atoms with E-state index in [0.29, 0.717) is 34.4 Å². The minimum atomic E-state index is -0.624. The predicted octanol–water partition coefficient (Wildman–Crippen LogP) is 4.47. The second-order valence-electron chi connectivity index (χ2n) is 6.53. The lowest BCUT2D eigenvalue weighted by atomic mass is 9.83. The van der Waals surface area contributed by atoms with Crippen LogP contribution in [0, 0.1) is 11.3 Å². The van der Waals surface area contributed by atoms with Crippen LogP contribution in [0.2, 0.25) is 10.0 Å². The van der Waals surface area contributed by atoms with Gasteiger partial charge in [-0.15, -0.1) is 0 Å². The number of anilines is 3. The molecule has 0 aliphatic heterocycles. The Labute approximate surface area is 168 Å². The number of nitrogens with zero attached hydrogens (tertiary/aromatic N) is 4. The summed E-state index contributed by atoms with van der Waals surface area (Å²) in [6, 6.07) is 7.74. The first kappa shape index (κ1) is 19.5. The number of rotatable bonds is 6. The van der Waals surface area contributed by atoms with Crippen LogP contribution in [0.1, 0.15) is 37.7 Å². The molecule has 27 heavy (non-hydrogen) atoms. The van der Waals surface area contributed by atoms with Gasteiger partial charge in [0.05, 0.1) is 6.07 Å². The van der Waals surface area contributed by atoms with E-state index in [4.69, 9.17) is 23.2 Å². The van der Waals surface area contributed by atoms with Gasteiger partial charge in [-0.2, -0.15) is 20.2 Å². The van der Waals surface area contributed by atoms with Crippen LogP contribution in [0.15, 0.2) is 18.2 Å². The van der Waals surface area contributed by atoms with E-state index in [9.17, 15) is 5.26 Å². The Morgan fingerprint density at radius 2 is 1.78 bits per heavy atom. The van der Waals surface area contributed by atoms with E-state index in [2.05, 4.69) is 37.0 Å². The van der Waals surface area contributed by atoms with Crippen molar-refractivity contribution in [3.63, 3.8) is 0 Å². The van der Waals surface area contributed by atoms with E-state index < -0.39 is 5.54 Å². The van der Waals surface area contributed by atoms with Gasteiger partial charge < -0.3 is 16.0 Å². The quantitative estimate of drug-likeness (QED) is 0.651. The molecule has 2 aromatic rings. The molecule has 1 heterocycles. The van der Waals surface area contributed by atoms with E-state index in [-0.39, 0.29) is 0 Å². The summed E-state index contributed by atoms with van der Waals surface area (Å²) in [5, 5.41) is 20.1. The lowest BCUT2D eigenvalue weighted by Crippen LogP contribution is -2.39. The first-order valence-electron chi connectivity index (χ1n) is 8.85. The Morgan fingerprint density at radius 1 is 1.07 bits per heavy atom. The highest BCUT2D eigenvalue weighted by molar-refractivity contribution is 6.35. The predicted molar refractivity (Wildman–Crippen MR) is 108 cm³/mol. The molecule has 1 aliphatic carbocycles. The molecule has 142 valence electrons. The summed E-state index contributed by atoms with van der Waals surface area (Å²) in [7, 11) is 1.74. The van der Waals surface area contributed by atoms with Crippen molar-refractivity contribution in [1.29, 1.82) is 5.26 Å². The standard InChI is InChI=1S/C18H21Cl2N7/c1-22-15-24-16(23-10-12-5-6-13(19)9-14(12)20)26-17(25-15)27-18(11-21)7-3-2-4-8-18/h5-6,9H,2-4,7-8,10H2,1H3,(H3,22,23,24,25,26,27). The van der Waals surface area contributed by atoms with Crippen molar-refractivity contribution in [3.05, 3.63) is 33.8 Å². The number of nitriles is 1. The number of hydrogen-bond donors (Lipinski definition) is 3. The Morgan fingerprint density at radius 3 is 2.44 bits per heavy atom. The molecular weight excluding hydrogens is 385 g/mol. The first-order valence-corrected chi connectivity index (χ1v) is 9.60. The lowest BCUT2D eigenvalue weighted by Gasteiger charge is -2.31. The third-order valence-corrected chi connectivity index (χ3v) is 5.17. The molecule has 1 aromatic carbocycles. The minimum Gasteiger partial charge on any atom is -0.357 e. The molecule has 0 unspecified atom stereocenters. The van der Waals surface area contributed by atoms with Crippen molar-refractivity contribution >= 4 is 41.0 Å². The van der Waals surface area contributed by atoms with Gasteiger partial charge in [-0.05, 0) is 30.5 Å². The molecule has 3 rings (SSSR count). The van der Waals surface area contributed by atoms with Crippen molar-refractivity contribution in [3.8, 4) is 6.07 Å². The second-order valence-corrected chi connectivity index (χ2v) is 7.37. The second kappa shape index (κ2) is 8.59. The number of aromatic nitrogens is 3. The van der Waals surface area contributed by atoms with Crippen molar-refractivity contribution < 1.29 is 0 Å². The summed E-state index contributed by atoms with van der Waals surface area (Å²) in [5.41, 5.74) is 0.254. The molecule has 0 amide bonds. The van der Waals surface area contributed by atoms with Crippen LogP contribution in [-0.2, 0) is 6.54 Å². The number of hydrogen-bond acceptors (Lipinski definition) is 7. The van der Waals surface area contributed by atoms with Crippen LogP contribution in [0.3, 0.4) is 0 Å². The van der Waals surface area contributed by atoms with E-state index in [1.165, 1.54) is 0 Å². The Kier molecular flexibility index (Phi) is 6.19. The van der Waals surface area contributed by atoms with Crippen LogP contribution in [-0.4, -0.2) is 27.5 Å². The molecule has 0 spiro atoms. The normalized spacial score (nSPS) is 15.6. The van der Waals surface area contributed by atoms with Gasteiger partial charge in [0.2, 0.25) is 17.8 Å². The molecule has 7 nitrogen and oxygen atoms in total. The van der Waals surface area contributed by atoms with Crippen LogP contribution in [0.4, 0.5) is 17.8 Å². The molecule has 1 aliphatic rings. The molecule has 9 heteroatoms. The highest BCUT2D eigenvalue weighted by atomic mass is 35.5. The number of nitrogens with one attached hydrogen (secondary N) is 3. The number of benzene rings is 1. The fourth-order valence-corrected chi connectivity index (χ4v) is 3.57. The van der Waals surface area contributed by atoms with Crippen LogP contribution < -0.4 is 16.0 Å². The number of halogens is 2. The van der Waals surface area contributed by atoms with Crippen molar-refractivity contribution in [2.24, 2.45) is 0 Å². The summed E-state index contributed by atoms with van der Waals surface area (Å²) < 4.78 is 0. The first-order chi connectivity index (χ1) is 13.0. The molecule has 0 atom stereocenters. The fourth-order valence-electron chi connectivity index (χ4n) is 3.10. The molecule has 0 saturated heterocycles. The van der Waals surface area contributed by atoms with Gasteiger partial charge in [0.15, 0.2) is 0 Å². The maximum atomic E-state index is 9.66. The molecule has 1 saturated carbocycles.